The molecule has 4 heteroatoms. The monoisotopic (exact) mass is 325 g/mol. The van der Waals surface area contributed by atoms with Gasteiger partial charge >= 0.3 is 0 Å². The number of ether oxygens (including phenoxy) is 1. The number of anilines is 1. The molecule has 0 radical (unpaired) electrons. The Kier molecular flexibility index (Phi) is 3.97. The van der Waals surface area contributed by atoms with Crippen molar-refractivity contribution in [2.24, 2.45) is 5.92 Å². The molecule has 0 spiro atoms. The largest absolute Gasteiger partial charge is 0.379 e. The molecule has 1 aromatic heterocycles. The summed E-state index contributed by atoms with van der Waals surface area (Å²) in [6.07, 6.45) is 0. The minimum absolute atomic E-state index is 0.453. The number of fused-ring (bicyclic) bond motifs is 4. The molecule has 4 nitrogen and oxygen atoms in total. The van der Waals surface area contributed by atoms with Crippen LogP contribution in [-0.4, -0.2) is 55.8 Å². The molecule has 2 aliphatic heterocycles. The molecule has 4 rings (SSSR count). The molecule has 2 aromatic rings. The van der Waals surface area contributed by atoms with Gasteiger partial charge in [-0.05, 0) is 50.6 Å². The highest BCUT2D eigenvalue weighted by atomic mass is 16.5. The Morgan fingerprint density at radius 2 is 1.88 bits per heavy atom. The van der Waals surface area contributed by atoms with Crippen LogP contribution in [0.5, 0.6) is 0 Å². The van der Waals surface area contributed by atoms with Crippen LogP contribution in [0.25, 0.3) is 10.9 Å². The molecular formula is C20H27N3O. The maximum absolute atomic E-state index is 5.86. The number of aromatic nitrogens is 1. The van der Waals surface area contributed by atoms with Crippen LogP contribution in [0.4, 0.5) is 5.82 Å². The number of pyridine rings is 1. The van der Waals surface area contributed by atoms with Crippen molar-refractivity contribution in [2.45, 2.75) is 26.8 Å². The average molecular weight is 325 g/mol. The first-order valence-electron chi connectivity index (χ1n) is 8.93. The van der Waals surface area contributed by atoms with Crippen molar-refractivity contribution < 1.29 is 4.74 Å². The second-order valence-electron chi connectivity index (χ2n) is 7.60. The van der Waals surface area contributed by atoms with Crippen molar-refractivity contribution >= 4 is 16.7 Å². The molecule has 2 saturated heterocycles. The summed E-state index contributed by atoms with van der Waals surface area (Å²) < 4.78 is 5.86. The maximum atomic E-state index is 5.86. The predicted molar refractivity (Wildman–Crippen MR) is 98.9 cm³/mol. The van der Waals surface area contributed by atoms with Gasteiger partial charge in [0.1, 0.15) is 5.82 Å². The highest BCUT2D eigenvalue weighted by Crippen LogP contribution is 2.29. The van der Waals surface area contributed by atoms with E-state index in [1.54, 1.807) is 0 Å². The lowest BCUT2D eigenvalue weighted by atomic mass is 10.0. The summed E-state index contributed by atoms with van der Waals surface area (Å²) in [5.41, 5.74) is 5.08. The summed E-state index contributed by atoms with van der Waals surface area (Å²) in [7, 11) is 2.22. The van der Waals surface area contributed by atoms with Gasteiger partial charge in [0.15, 0.2) is 0 Å². The van der Waals surface area contributed by atoms with Gasteiger partial charge in [-0.1, -0.05) is 12.1 Å². The molecule has 2 atom stereocenters. The number of likely N-dealkylation sites (N-methyl/N-ethyl adjacent to an activating group) is 1. The third kappa shape index (κ3) is 2.68. The Hall–Kier alpha value is -1.65. The van der Waals surface area contributed by atoms with Gasteiger partial charge in [0.05, 0.1) is 24.8 Å². The van der Waals surface area contributed by atoms with E-state index in [4.69, 9.17) is 9.72 Å². The Bertz CT molecular complexity index is 773. The van der Waals surface area contributed by atoms with Crippen molar-refractivity contribution in [3.05, 3.63) is 34.9 Å². The summed E-state index contributed by atoms with van der Waals surface area (Å²) in [4.78, 5) is 10.0. The smallest absolute Gasteiger partial charge is 0.129 e. The van der Waals surface area contributed by atoms with E-state index < -0.39 is 0 Å². The van der Waals surface area contributed by atoms with E-state index in [1.165, 1.54) is 22.1 Å². The number of benzene rings is 1. The highest BCUT2D eigenvalue weighted by molar-refractivity contribution is 5.87. The summed E-state index contributed by atoms with van der Waals surface area (Å²) in [6.45, 7) is 11.4. The zero-order chi connectivity index (χ0) is 16.8. The number of nitrogens with zero attached hydrogens (tertiary/aromatic N) is 3. The van der Waals surface area contributed by atoms with Crippen LogP contribution in [-0.2, 0) is 4.74 Å². The molecule has 0 N–H and O–H groups in total. The fourth-order valence-electron chi connectivity index (χ4n) is 4.08. The number of aryl methyl sites for hydroxylation is 3. The summed E-state index contributed by atoms with van der Waals surface area (Å²) in [6, 6.07) is 7.13. The molecular weight excluding hydrogens is 298 g/mol. The third-order valence-electron chi connectivity index (χ3n) is 5.77. The fraction of sp³-hybridized carbons (Fsp3) is 0.550. The van der Waals surface area contributed by atoms with Gasteiger partial charge in [-0.15, -0.1) is 0 Å². The normalized spacial score (nSPS) is 25.1. The first-order valence-corrected chi connectivity index (χ1v) is 8.93. The quantitative estimate of drug-likeness (QED) is 0.806. The van der Waals surface area contributed by atoms with Crippen molar-refractivity contribution in [1.29, 1.82) is 0 Å². The second-order valence-corrected chi connectivity index (χ2v) is 7.60. The van der Waals surface area contributed by atoms with E-state index in [0.29, 0.717) is 12.0 Å². The molecule has 2 bridgehead atoms. The number of rotatable bonds is 1. The topological polar surface area (TPSA) is 28.6 Å². The Morgan fingerprint density at radius 3 is 2.71 bits per heavy atom. The minimum Gasteiger partial charge on any atom is -0.379 e. The van der Waals surface area contributed by atoms with E-state index in [2.05, 4.69) is 55.8 Å². The fourth-order valence-corrected chi connectivity index (χ4v) is 4.08. The van der Waals surface area contributed by atoms with Crippen LogP contribution >= 0.6 is 0 Å². The van der Waals surface area contributed by atoms with Gasteiger partial charge < -0.3 is 9.64 Å². The zero-order valence-corrected chi connectivity index (χ0v) is 15.2. The molecule has 2 aliphatic rings. The predicted octanol–water partition coefficient (Wildman–Crippen LogP) is 2.93. The lowest BCUT2D eigenvalue weighted by Gasteiger charge is -2.31. The lowest BCUT2D eigenvalue weighted by Crippen LogP contribution is -2.42. The molecule has 24 heavy (non-hydrogen) atoms. The van der Waals surface area contributed by atoms with Gasteiger partial charge in [-0.2, -0.15) is 0 Å². The first-order chi connectivity index (χ1) is 11.5. The molecule has 0 amide bonds. The Morgan fingerprint density at radius 1 is 1.04 bits per heavy atom. The van der Waals surface area contributed by atoms with Crippen molar-refractivity contribution in [2.75, 3.05) is 44.8 Å². The number of hydrogen-bond donors (Lipinski definition) is 0. The molecule has 2 fully saturated rings. The molecule has 1 aromatic carbocycles. The molecule has 0 saturated carbocycles. The van der Waals surface area contributed by atoms with Crippen LogP contribution in [0.15, 0.2) is 18.2 Å². The average Bonchev–Trinajstić information content (AvgIpc) is 2.79. The van der Waals surface area contributed by atoms with E-state index in [-0.39, 0.29) is 0 Å². The first kappa shape index (κ1) is 15.9. The molecule has 0 aliphatic carbocycles. The van der Waals surface area contributed by atoms with E-state index in [0.717, 1.165) is 44.2 Å². The second kappa shape index (κ2) is 6.01. The van der Waals surface area contributed by atoms with Crippen LogP contribution < -0.4 is 4.90 Å². The van der Waals surface area contributed by atoms with Gasteiger partial charge in [-0.3, -0.25) is 4.90 Å². The van der Waals surface area contributed by atoms with Crippen molar-refractivity contribution in [3.8, 4) is 0 Å². The molecule has 128 valence electrons. The minimum atomic E-state index is 0.453. The molecule has 3 heterocycles. The Balaban J connectivity index is 1.77. The summed E-state index contributed by atoms with van der Waals surface area (Å²) in [5.74, 6) is 1.68. The summed E-state index contributed by atoms with van der Waals surface area (Å²) >= 11 is 0. The van der Waals surface area contributed by atoms with Gasteiger partial charge in [0.2, 0.25) is 0 Å². The van der Waals surface area contributed by atoms with E-state index in [1.807, 2.05) is 0 Å². The van der Waals surface area contributed by atoms with Crippen molar-refractivity contribution in [3.63, 3.8) is 0 Å². The van der Waals surface area contributed by atoms with Gasteiger partial charge in [-0.25, -0.2) is 4.98 Å². The van der Waals surface area contributed by atoms with Gasteiger partial charge in [0.25, 0.3) is 0 Å². The van der Waals surface area contributed by atoms with Gasteiger partial charge in [0, 0.05) is 30.9 Å². The number of hydrogen-bond acceptors (Lipinski definition) is 4. The van der Waals surface area contributed by atoms with Crippen LogP contribution in [0.3, 0.4) is 0 Å². The standard InChI is InChI=1S/C20H27N3O/c1-13-5-6-18-14(2)7-19(21-20(18)15(13)3)23-9-16-8-22(4)17(10-23)12-24-11-16/h5-7,16-17H,8-12H2,1-4H3/t16-,17+/m1/s1. The van der Waals surface area contributed by atoms with Crippen molar-refractivity contribution in [1.82, 2.24) is 9.88 Å². The van der Waals surface area contributed by atoms with Crippen LogP contribution in [0.2, 0.25) is 0 Å². The third-order valence-corrected chi connectivity index (χ3v) is 5.77. The maximum Gasteiger partial charge on any atom is 0.129 e. The Labute approximate surface area is 144 Å². The summed E-state index contributed by atoms with van der Waals surface area (Å²) in [5, 5.41) is 1.28. The lowest BCUT2D eigenvalue weighted by molar-refractivity contribution is 0.0930. The SMILES string of the molecule is Cc1ccc2c(C)cc(N3C[C@@H]4COC[C@H](C3)N(C)C4)nc2c1C. The van der Waals surface area contributed by atoms with Crippen LogP contribution in [0, 0.1) is 26.7 Å². The van der Waals surface area contributed by atoms with E-state index >= 15 is 0 Å². The van der Waals surface area contributed by atoms with Crippen LogP contribution in [0.1, 0.15) is 16.7 Å². The zero-order valence-electron chi connectivity index (χ0n) is 15.2. The van der Waals surface area contributed by atoms with E-state index in [9.17, 15) is 0 Å². The molecule has 0 unspecified atom stereocenters. The highest BCUT2D eigenvalue weighted by Gasteiger charge is 2.32.